The summed E-state index contributed by atoms with van der Waals surface area (Å²) >= 11 is 0. The second-order valence-corrected chi connectivity index (χ2v) is 9.14. The predicted octanol–water partition coefficient (Wildman–Crippen LogP) is 8.13. The highest BCUT2D eigenvalue weighted by atomic mass is 14.5. The average molecular weight is 411 g/mol. The van der Waals surface area contributed by atoms with Crippen LogP contribution in [-0.2, 0) is 5.41 Å². The highest BCUT2D eigenvalue weighted by Gasteiger charge is 2.47. The Hall–Kier alpha value is -3.64. The molecular formula is C32H26. The molecule has 5 aromatic rings. The summed E-state index contributed by atoms with van der Waals surface area (Å²) in [4.78, 5) is 0. The standard InChI is InChI=1S/C32H26/c1-21-16-18-26-30(20-21)32(27-14-8-4-10-22(27)2,28-15-9-5-11-23(28)3)29-19-17-24-12-6-7-13-25(24)31(26)29/h4-20H,1-3H3. The maximum atomic E-state index is 2.42. The molecule has 0 saturated carbocycles. The summed E-state index contributed by atoms with van der Waals surface area (Å²) in [6.45, 7) is 6.72. The van der Waals surface area contributed by atoms with Gasteiger partial charge in [0.15, 0.2) is 0 Å². The summed E-state index contributed by atoms with van der Waals surface area (Å²) in [7, 11) is 0. The summed E-state index contributed by atoms with van der Waals surface area (Å²) in [5.41, 5.74) is 11.9. The van der Waals surface area contributed by atoms with Gasteiger partial charge >= 0.3 is 0 Å². The molecule has 1 aliphatic carbocycles. The van der Waals surface area contributed by atoms with Gasteiger partial charge in [0.1, 0.15) is 0 Å². The van der Waals surface area contributed by atoms with Crippen LogP contribution in [0.2, 0.25) is 0 Å². The van der Waals surface area contributed by atoms with Crippen molar-refractivity contribution < 1.29 is 0 Å². The van der Waals surface area contributed by atoms with Crippen molar-refractivity contribution in [2.24, 2.45) is 0 Å². The summed E-state index contributed by atoms with van der Waals surface area (Å²) in [6, 6.07) is 38.4. The molecule has 154 valence electrons. The highest BCUT2D eigenvalue weighted by molar-refractivity contribution is 6.04. The largest absolute Gasteiger partial charge is 0.0718 e. The van der Waals surface area contributed by atoms with Crippen molar-refractivity contribution in [1.82, 2.24) is 0 Å². The van der Waals surface area contributed by atoms with E-state index in [1.54, 1.807) is 0 Å². The molecule has 0 radical (unpaired) electrons. The Labute approximate surface area is 190 Å². The van der Waals surface area contributed by atoms with Crippen LogP contribution >= 0.6 is 0 Å². The number of hydrogen-bond acceptors (Lipinski definition) is 0. The predicted molar refractivity (Wildman–Crippen MR) is 135 cm³/mol. The lowest BCUT2D eigenvalue weighted by Crippen LogP contribution is -2.30. The average Bonchev–Trinajstić information content (AvgIpc) is 3.10. The maximum Gasteiger partial charge on any atom is 0.0718 e. The topological polar surface area (TPSA) is 0 Å². The number of hydrogen-bond donors (Lipinski definition) is 0. The zero-order valence-electron chi connectivity index (χ0n) is 18.8. The van der Waals surface area contributed by atoms with Gasteiger partial charge in [-0.3, -0.25) is 0 Å². The summed E-state index contributed by atoms with van der Waals surface area (Å²) in [5, 5.41) is 2.63. The van der Waals surface area contributed by atoms with Crippen LogP contribution in [-0.4, -0.2) is 0 Å². The van der Waals surface area contributed by atoms with E-state index in [0.717, 1.165) is 0 Å². The number of aryl methyl sites for hydroxylation is 3. The number of fused-ring (bicyclic) bond motifs is 5. The molecule has 0 amide bonds. The molecule has 0 heterocycles. The Morgan fingerprint density at radius 1 is 0.500 bits per heavy atom. The van der Waals surface area contributed by atoms with Crippen molar-refractivity contribution in [1.29, 1.82) is 0 Å². The zero-order valence-corrected chi connectivity index (χ0v) is 18.8. The third kappa shape index (κ3) is 2.44. The Balaban J connectivity index is 1.90. The normalized spacial score (nSPS) is 13.7. The van der Waals surface area contributed by atoms with Gasteiger partial charge in [0.2, 0.25) is 0 Å². The van der Waals surface area contributed by atoms with Crippen molar-refractivity contribution in [3.05, 3.63) is 142 Å². The van der Waals surface area contributed by atoms with E-state index >= 15 is 0 Å². The van der Waals surface area contributed by atoms with E-state index in [1.165, 1.54) is 60.8 Å². The molecule has 0 unspecified atom stereocenters. The van der Waals surface area contributed by atoms with E-state index in [9.17, 15) is 0 Å². The summed E-state index contributed by atoms with van der Waals surface area (Å²) < 4.78 is 0. The van der Waals surface area contributed by atoms with E-state index < -0.39 is 0 Å². The zero-order chi connectivity index (χ0) is 21.9. The molecule has 0 fully saturated rings. The van der Waals surface area contributed by atoms with E-state index in [2.05, 4.69) is 124 Å². The molecule has 0 bridgehead atoms. The molecule has 5 aromatic carbocycles. The second kappa shape index (κ2) is 6.93. The third-order valence-electron chi connectivity index (χ3n) is 7.28. The lowest BCUT2D eigenvalue weighted by molar-refractivity contribution is 0.753. The number of rotatable bonds is 2. The van der Waals surface area contributed by atoms with Gasteiger partial charge in [-0.25, -0.2) is 0 Å². The Kier molecular flexibility index (Phi) is 4.13. The van der Waals surface area contributed by atoms with Crippen LogP contribution in [0.4, 0.5) is 0 Å². The first-order valence-electron chi connectivity index (χ1n) is 11.4. The Morgan fingerprint density at radius 3 is 1.81 bits per heavy atom. The molecule has 6 rings (SSSR count). The quantitative estimate of drug-likeness (QED) is 0.270. The Bertz CT molecular complexity index is 1460. The van der Waals surface area contributed by atoms with Gasteiger partial charge in [-0.2, -0.15) is 0 Å². The van der Waals surface area contributed by atoms with Crippen LogP contribution in [0.5, 0.6) is 0 Å². The first-order valence-corrected chi connectivity index (χ1v) is 11.4. The van der Waals surface area contributed by atoms with Crippen LogP contribution in [0.15, 0.2) is 103 Å². The Morgan fingerprint density at radius 2 is 1.12 bits per heavy atom. The lowest BCUT2D eigenvalue weighted by atomic mass is 9.65. The SMILES string of the molecule is Cc1ccc2c(c1)C(c1ccccc1C)(c1ccccc1C)c1ccc3ccccc3c1-2. The molecule has 0 spiro atoms. The molecule has 0 aliphatic heterocycles. The second-order valence-electron chi connectivity index (χ2n) is 9.14. The van der Waals surface area contributed by atoms with Gasteiger partial charge in [-0.15, -0.1) is 0 Å². The fraction of sp³-hybridized carbons (Fsp3) is 0.125. The van der Waals surface area contributed by atoms with Crippen LogP contribution in [0.1, 0.15) is 38.9 Å². The molecule has 32 heavy (non-hydrogen) atoms. The van der Waals surface area contributed by atoms with Crippen molar-refractivity contribution in [3.63, 3.8) is 0 Å². The van der Waals surface area contributed by atoms with Gasteiger partial charge in [0, 0.05) is 0 Å². The van der Waals surface area contributed by atoms with Crippen LogP contribution in [0.25, 0.3) is 21.9 Å². The number of benzene rings is 5. The minimum atomic E-state index is -0.336. The van der Waals surface area contributed by atoms with E-state index in [4.69, 9.17) is 0 Å². The van der Waals surface area contributed by atoms with Crippen LogP contribution in [0.3, 0.4) is 0 Å². The van der Waals surface area contributed by atoms with Gasteiger partial charge in [0.05, 0.1) is 5.41 Å². The van der Waals surface area contributed by atoms with Crippen molar-refractivity contribution in [2.75, 3.05) is 0 Å². The molecule has 0 heteroatoms. The summed E-state index contributed by atoms with van der Waals surface area (Å²) in [6.07, 6.45) is 0. The third-order valence-corrected chi connectivity index (χ3v) is 7.28. The highest BCUT2D eigenvalue weighted by Crippen LogP contribution is 2.58. The first kappa shape index (κ1) is 19.1. The van der Waals surface area contributed by atoms with E-state index in [-0.39, 0.29) is 5.41 Å². The van der Waals surface area contributed by atoms with E-state index in [1.807, 2.05) is 0 Å². The van der Waals surface area contributed by atoms with Crippen molar-refractivity contribution in [2.45, 2.75) is 26.2 Å². The van der Waals surface area contributed by atoms with Gasteiger partial charge in [-0.1, -0.05) is 109 Å². The monoisotopic (exact) mass is 410 g/mol. The minimum absolute atomic E-state index is 0.336. The van der Waals surface area contributed by atoms with E-state index in [0.29, 0.717) is 0 Å². The molecule has 0 saturated heterocycles. The lowest BCUT2D eigenvalue weighted by Gasteiger charge is -2.36. The summed E-state index contributed by atoms with van der Waals surface area (Å²) in [5.74, 6) is 0. The fourth-order valence-corrected chi connectivity index (χ4v) is 5.92. The van der Waals surface area contributed by atoms with Gasteiger partial charge in [-0.05, 0) is 76.1 Å². The van der Waals surface area contributed by atoms with Gasteiger partial charge in [0.25, 0.3) is 0 Å². The first-order chi connectivity index (χ1) is 15.6. The van der Waals surface area contributed by atoms with Gasteiger partial charge < -0.3 is 0 Å². The molecule has 1 aliphatic rings. The van der Waals surface area contributed by atoms with Crippen LogP contribution in [0, 0.1) is 20.8 Å². The fourth-order valence-electron chi connectivity index (χ4n) is 5.92. The molecule has 0 N–H and O–H groups in total. The smallest absolute Gasteiger partial charge is 0.0620 e. The maximum absolute atomic E-state index is 2.42. The minimum Gasteiger partial charge on any atom is -0.0620 e. The van der Waals surface area contributed by atoms with Crippen molar-refractivity contribution >= 4 is 10.8 Å². The van der Waals surface area contributed by atoms with Crippen LogP contribution < -0.4 is 0 Å². The molecule has 0 aromatic heterocycles. The molecular weight excluding hydrogens is 384 g/mol. The van der Waals surface area contributed by atoms with Crippen molar-refractivity contribution in [3.8, 4) is 11.1 Å². The molecule has 0 nitrogen and oxygen atoms in total. The molecule has 0 atom stereocenters.